The summed E-state index contributed by atoms with van der Waals surface area (Å²) in [7, 11) is -3.33. The molecule has 0 aromatic rings. The van der Waals surface area contributed by atoms with Crippen molar-refractivity contribution >= 4 is 10.1 Å². The van der Waals surface area contributed by atoms with Crippen LogP contribution in [0.4, 0.5) is 0 Å². The molecule has 0 atom stereocenters. The van der Waals surface area contributed by atoms with Crippen molar-refractivity contribution < 1.29 is 22.1 Å². The van der Waals surface area contributed by atoms with Crippen LogP contribution in [0.15, 0.2) is 0 Å². The molecule has 0 amide bonds. The van der Waals surface area contributed by atoms with Gasteiger partial charge in [0.1, 0.15) is 0 Å². The van der Waals surface area contributed by atoms with Crippen LogP contribution in [0.25, 0.3) is 0 Å². The van der Waals surface area contributed by atoms with E-state index in [-0.39, 0.29) is 18.8 Å². The van der Waals surface area contributed by atoms with Crippen molar-refractivity contribution in [3.05, 3.63) is 0 Å². The summed E-state index contributed by atoms with van der Waals surface area (Å²) >= 11 is 0. The van der Waals surface area contributed by atoms with Gasteiger partial charge in [0.25, 0.3) is 10.1 Å². The monoisotopic (exact) mass is 252 g/mol. The molecule has 0 saturated carbocycles. The van der Waals surface area contributed by atoms with Gasteiger partial charge in [0, 0.05) is 11.8 Å². The molecule has 5 nitrogen and oxygen atoms in total. The fourth-order valence-corrected chi connectivity index (χ4v) is 1.87. The lowest BCUT2D eigenvalue weighted by Crippen LogP contribution is -2.35. The average Bonchev–Trinajstić information content (AvgIpc) is 2.16. The van der Waals surface area contributed by atoms with Crippen LogP contribution in [-0.2, 0) is 23.8 Å². The van der Waals surface area contributed by atoms with Crippen LogP contribution >= 0.6 is 0 Å². The highest BCUT2D eigenvalue weighted by Crippen LogP contribution is 2.19. The summed E-state index contributed by atoms with van der Waals surface area (Å²) in [5, 5.41) is 0. The topological polar surface area (TPSA) is 61.8 Å². The second-order valence-corrected chi connectivity index (χ2v) is 6.10. The molecule has 0 unspecified atom stereocenters. The van der Waals surface area contributed by atoms with Crippen LogP contribution in [0.3, 0.4) is 0 Å². The summed E-state index contributed by atoms with van der Waals surface area (Å²) in [5.41, 5.74) is 0. The van der Waals surface area contributed by atoms with Gasteiger partial charge in [0.15, 0.2) is 6.29 Å². The smallest absolute Gasteiger partial charge is 0.264 e. The molecule has 1 saturated heterocycles. The minimum absolute atomic E-state index is 0.132. The summed E-state index contributed by atoms with van der Waals surface area (Å²) in [6.45, 7) is 5.49. The molecular weight excluding hydrogens is 232 g/mol. The minimum Gasteiger partial charge on any atom is -0.352 e. The molecule has 1 aliphatic rings. The lowest BCUT2D eigenvalue weighted by atomic mass is 10.1. The molecule has 16 heavy (non-hydrogen) atoms. The molecule has 0 aromatic heterocycles. The van der Waals surface area contributed by atoms with Gasteiger partial charge in [-0.15, -0.1) is 0 Å². The quantitative estimate of drug-likeness (QED) is 0.683. The van der Waals surface area contributed by atoms with Crippen LogP contribution in [0.1, 0.15) is 20.3 Å². The maximum atomic E-state index is 10.7. The molecule has 0 bridgehead atoms. The fraction of sp³-hybridized carbons (Fsp3) is 1.00. The Hall–Kier alpha value is -0.170. The number of ether oxygens (including phenoxy) is 2. The lowest BCUT2D eigenvalue weighted by Gasteiger charge is -2.31. The van der Waals surface area contributed by atoms with Gasteiger partial charge in [0.2, 0.25) is 0 Å². The Morgan fingerprint density at radius 3 is 2.31 bits per heavy atom. The lowest BCUT2D eigenvalue weighted by molar-refractivity contribution is -0.220. The molecule has 1 heterocycles. The van der Waals surface area contributed by atoms with E-state index in [1.165, 1.54) is 0 Å². The zero-order valence-electron chi connectivity index (χ0n) is 10.0. The van der Waals surface area contributed by atoms with Gasteiger partial charge in [-0.3, -0.25) is 4.18 Å². The van der Waals surface area contributed by atoms with Crippen molar-refractivity contribution in [3.63, 3.8) is 0 Å². The molecule has 1 fully saturated rings. The number of hydrogen-bond donors (Lipinski definition) is 0. The van der Waals surface area contributed by atoms with Crippen LogP contribution < -0.4 is 0 Å². The van der Waals surface area contributed by atoms with E-state index >= 15 is 0 Å². The first kappa shape index (κ1) is 13.9. The molecule has 0 N–H and O–H groups in total. The second kappa shape index (κ2) is 5.95. The van der Waals surface area contributed by atoms with Gasteiger partial charge in [-0.25, -0.2) is 0 Å². The molecule has 96 valence electrons. The predicted octanol–water partition coefficient (Wildman–Crippen LogP) is 0.998. The minimum atomic E-state index is -3.33. The van der Waals surface area contributed by atoms with Crippen molar-refractivity contribution in [2.75, 3.05) is 26.1 Å². The van der Waals surface area contributed by atoms with Crippen molar-refractivity contribution in [3.8, 4) is 0 Å². The highest BCUT2D eigenvalue weighted by Gasteiger charge is 2.24. The van der Waals surface area contributed by atoms with Gasteiger partial charge in [-0.05, 0) is 6.42 Å². The van der Waals surface area contributed by atoms with Crippen LogP contribution in [0, 0.1) is 11.8 Å². The maximum Gasteiger partial charge on any atom is 0.264 e. The Kier molecular flexibility index (Phi) is 5.17. The second-order valence-electron chi connectivity index (χ2n) is 4.46. The van der Waals surface area contributed by atoms with Crippen LogP contribution in [0.5, 0.6) is 0 Å². The Balaban J connectivity index is 2.18. The highest BCUT2D eigenvalue weighted by molar-refractivity contribution is 7.85. The van der Waals surface area contributed by atoms with Gasteiger partial charge in [-0.1, -0.05) is 13.8 Å². The Bertz CT molecular complexity index is 290. The van der Waals surface area contributed by atoms with E-state index in [1.807, 2.05) is 13.8 Å². The van der Waals surface area contributed by atoms with E-state index < -0.39 is 10.1 Å². The summed E-state index contributed by atoms with van der Waals surface area (Å²) in [5.74, 6) is 0.560. The van der Waals surface area contributed by atoms with E-state index in [0.29, 0.717) is 25.6 Å². The van der Waals surface area contributed by atoms with E-state index in [2.05, 4.69) is 4.18 Å². The van der Waals surface area contributed by atoms with E-state index in [0.717, 1.165) is 6.26 Å². The third kappa shape index (κ3) is 5.25. The molecule has 6 heteroatoms. The molecule has 0 aromatic carbocycles. The Labute approximate surface area is 97.2 Å². The summed E-state index contributed by atoms with van der Waals surface area (Å²) in [6, 6.07) is 0. The first-order valence-corrected chi connectivity index (χ1v) is 7.27. The maximum absolute atomic E-state index is 10.7. The number of rotatable bonds is 5. The molecule has 0 spiro atoms. The van der Waals surface area contributed by atoms with Crippen molar-refractivity contribution in [2.24, 2.45) is 11.8 Å². The van der Waals surface area contributed by atoms with Gasteiger partial charge < -0.3 is 9.47 Å². The third-order valence-corrected chi connectivity index (χ3v) is 2.96. The SMILES string of the molecule is CC(C)C1OCC(CCOS(C)(=O)=O)CO1. The first-order valence-electron chi connectivity index (χ1n) is 5.46. The molecule has 1 rings (SSSR count). The predicted molar refractivity (Wildman–Crippen MR) is 59.4 cm³/mol. The van der Waals surface area contributed by atoms with Crippen molar-refractivity contribution in [2.45, 2.75) is 26.6 Å². The summed E-state index contributed by atoms with van der Waals surface area (Å²) in [6.07, 6.45) is 1.56. The average molecular weight is 252 g/mol. The standard InChI is InChI=1S/C10H20O5S/c1-8(2)10-13-6-9(7-14-10)4-5-15-16(3,11)12/h8-10H,4-7H2,1-3H3. The Morgan fingerprint density at radius 2 is 1.88 bits per heavy atom. The van der Waals surface area contributed by atoms with E-state index in [9.17, 15) is 8.42 Å². The highest BCUT2D eigenvalue weighted by atomic mass is 32.2. The summed E-state index contributed by atoms with van der Waals surface area (Å²) in [4.78, 5) is 0. The third-order valence-electron chi connectivity index (χ3n) is 2.36. The van der Waals surface area contributed by atoms with Crippen molar-refractivity contribution in [1.29, 1.82) is 0 Å². The van der Waals surface area contributed by atoms with Gasteiger partial charge in [0.05, 0.1) is 26.1 Å². The zero-order chi connectivity index (χ0) is 12.2. The summed E-state index contributed by atoms with van der Waals surface area (Å²) < 4.78 is 37.1. The van der Waals surface area contributed by atoms with Crippen molar-refractivity contribution in [1.82, 2.24) is 0 Å². The molecular formula is C10H20O5S. The molecule has 1 aliphatic heterocycles. The Morgan fingerprint density at radius 1 is 1.31 bits per heavy atom. The van der Waals surface area contributed by atoms with Crippen LogP contribution in [0.2, 0.25) is 0 Å². The van der Waals surface area contributed by atoms with Gasteiger partial charge >= 0.3 is 0 Å². The first-order chi connectivity index (χ1) is 7.38. The van der Waals surface area contributed by atoms with E-state index in [4.69, 9.17) is 9.47 Å². The normalized spacial score (nSPS) is 27.2. The fourth-order valence-electron chi connectivity index (χ4n) is 1.48. The molecule has 0 aliphatic carbocycles. The zero-order valence-corrected chi connectivity index (χ0v) is 10.8. The van der Waals surface area contributed by atoms with E-state index in [1.54, 1.807) is 0 Å². The van der Waals surface area contributed by atoms with Gasteiger partial charge in [-0.2, -0.15) is 8.42 Å². The molecule has 0 radical (unpaired) electrons. The largest absolute Gasteiger partial charge is 0.352 e. The van der Waals surface area contributed by atoms with Crippen LogP contribution in [-0.4, -0.2) is 40.8 Å². The number of hydrogen-bond acceptors (Lipinski definition) is 5.